The van der Waals surface area contributed by atoms with Gasteiger partial charge < -0.3 is 21.4 Å². The Labute approximate surface area is 119 Å². The summed E-state index contributed by atoms with van der Waals surface area (Å²) in [5.74, 6) is 0.280. The molecule has 0 bridgehead atoms. The summed E-state index contributed by atoms with van der Waals surface area (Å²) in [5, 5.41) is 11.9. The quantitative estimate of drug-likeness (QED) is 0.499. The van der Waals surface area contributed by atoms with Crippen molar-refractivity contribution in [2.45, 2.75) is 31.6 Å². The Bertz CT molecular complexity index is 215. The van der Waals surface area contributed by atoms with Crippen LogP contribution in [0.15, 0.2) is 29.2 Å². The maximum absolute atomic E-state index is 8.72. The molecule has 6 heteroatoms. The summed E-state index contributed by atoms with van der Waals surface area (Å²) in [6, 6.07) is 6.67. The molecular formula is C12H28NO3PS. The van der Waals surface area contributed by atoms with Gasteiger partial charge in [0.05, 0.1) is 0 Å². The van der Waals surface area contributed by atoms with Crippen LogP contribution in [0.25, 0.3) is 0 Å². The van der Waals surface area contributed by atoms with Gasteiger partial charge in [-0.1, -0.05) is 13.8 Å². The SMILES string of the molecule is C1CCNC1.CC.O.O.Oc1ccc(S)cc1.P. The van der Waals surface area contributed by atoms with E-state index in [1.165, 1.54) is 25.9 Å². The molecule has 0 saturated carbocycles. The number of thiol groups is 1. The van der Waals surface area contributed by atoms with Crippen molar-refractivity contribution in [3.63, 3.8) is 0 Å². The van der Waals surface area contributed by atoms with Gasteiger partial charge in [-0.25, -0.2) is 0 Å². The smallest absolute Gasteiger partial charge is 0.115 e. The summed E-state index contributed by atoms with van der Waals surface area (Å²) in [6.45, 7) is 6.50. The molecule has 2 rings (SSSR count). The first kappa shape index (κ1) is 26.3. The van der Waals surface area contributed by atoms with E-state index in [4.69, 9.17) is 5.11 Å². The summed E-state index contributed by atoms with van der Waals surface area (Å²) < 4.78 is 0. The van der Waals surface area contributed by atoms with Crippen molar-refractivity contribution in [2.24, 2.45) is 0 Å². The number of benzene rings is 1. The fraction of sp³-hybridized carbons (Fsp3) is 0.500. The molecular weight excluding hydrogens is 269 g/mol. The third-order valence-corrected chi connectivity index (χ3v) is 2.10. The Morgan fingerprint density at radius 1 is 1.00 bits per heavy atom. The molecule has 1 atom stereocenters. The second kappa shape index (κ2) is 19.0. The molecule has 1 unspecified atom stereocenters. The van der Waals surface area contributed by atoms with E-state index >= 15 is 0 Å². The number of hydrogen-bond acceptors (Lipinski definition) is 3. The molecule has 6 N–H and O–H groups in total. The maximum atomic E-state index is 8.72. The molecule has 1 heterocycles. The Morgan fingerprint density at radius 2 is 1.39 bits per heavy atom. The lowest BCUT2D eigenvalue weighted by atomic mass is 10.3. The van der Waals surface area contributed by atoms with Crippen molar-refractivity contribution < 1.29 is 16.1 Å². The highest BCUT2D eigenvalue weighted by atomic mass is 32.1. The predicted octanol–water partition coefficient (Wildman–Crippen LogP) is 1.49. The minimum Gasteiger partial charge on any atom is -0.508 e. The molecule has 0 amide bonds. The highest BCUT2D eigenvalue weighted by Crippen LogP contribution is 2.11. The molecule has 0 aromatic heterocycles. The maximum Gasteiger partial charge on any atom is 0.115 e. The van der Waals surface area contributed by atoms with Crippen LogP contribution >= 0.6 is 22.5 Å². The largest absolute Gasteiger partial charge is 0.508 e. The third kappa shape index (κ3) is 15.7. The molecule has 1 aromatic rings. The van der Waals surface area contributed by atoms with E-state index in [0.717, 1.165) is 4.90 Å². The van der Waals surface area contributed by atoms with Gasteiger partial charge in [-0.05, 0) is 50.2 Å². The van der Waals surface area contributed by atoms with Crippen LogP contribution in [-0.4, -0.2) is 29.1 Å². The fourth-order valence-corrected chi connectivity index (χ4v) is 1.23. The monoisotopic (exact) mass is 297 g/mol. The first-order chi connectivity index (χ1) is 7.29. The third-order valence-electron chi connectivity index (χ3n) is 1.81. The molecule has 0 spiro atoms. The summed E-state index contributed by atoms with van der Waals surface area (Å²) in [6.07, 6.45) is 2.78. The molecule has 0 radical (unpaired) electrons. The zero-order valence-electron chi connectivity index (χ0n) is 11.2. The van der Waals surface area contributed by atoms with E-state index in [1.807, 2.05) is 13.8 Å². The molecule has 1 saturated heterocycles. The standard InChI is InChI=1S/C6H6OS.C4H9N.C2H6.2H2O.H3P/c7-5-1-3-6(8)4-2-5;1-2-4-5-3-1;1-2;;;/h1-4,7-8H;5H,1-4H2;1-2H3;2*1H2;1H3. The molecule has 0 aliphatic carbocycles. The zero-order valence-corrected chi connectivity index (χ0v) is 13.5. The minimum atomic E-state index is 0. The van der Waals surface area contributed by atoms with E-state index in [-0.39, 0.29) is 26.6 Å². The molecule has 4 nitrogen and oxygen atoms in total. The Kier molecular flexibility index (Phi) is 27.8. The van der Waals surface area contributed by atoms with Crippen molar-refractivity contribution in [1.29, 1.82) is 0 Å². The van der Waals surface area contributed by atoms with Crippen molar-refractivity contribution in [3.05, 3.63) is 24.3 Å². The van der Waals surface area contributed by atoms with Crippen LogP contribution in [-0.2, 0) is 0 Å². The van der Waals surface area contributed by atoms with Crippen LogP contribution < -0.4 is 5.32 Å². The van der Waals surface area contributed by atoms with E-state index in [0.29, 0.717) is 0 Å². The fourth-order valence-electron chi connectivity index (χ4n) is 1.08. The second-order valence-electron chi connectivity index (χ2n) is 2.97. The van der Waals surface area contributed by atoms with Crippen molar-refractivity contribution in [1.82, 2.24) is 5.32 Å². The lowest BCUT2D eigenvalue weighted by Gasteiger charge is -1.88. The summed E-state index contributed by atoms with van der Waals surface area (Å²) in [5.41, 5.74) is 0. The second-order valence-corrected chi connectivity index (χ2v) is 3.49. The van der Waals surface area contributed by atoms with Gasteiger partial charge >= 0.3 is 0 Å². The van der Waals surface area contributed by atoms with Crippen LogP contribution in [0.1, 0.15) is 26.7 Å². The van der Waals surface area contributed by atoms with Crippen LogP contribution in [0.4, 0.5) is 0 Å². The lowest BCUT2D eigenvalue weighted by Crippen LogP contribution is -2.03. The van der Waals surface area contributed by atoms with Crippen LogP contribution in [0.3, 0.4) is 0 Å². The highest BCUT2D eigenvalue weighted by molar-refractivity contribution is 7.80. The number of aromatic hydroxyl groups is 1. The Morgan fingerprint density at radius 3 is 1.61 bits per heavy atom. The number of phenolic OH excluding ortho intramolecular Hbond substituents is 1. The van der Waals surface area contributed by atoms with Crippen LogP contribution in [0, 0.1) is 0 Å². The number of nitrogens with one attached hydrogen (secondary N) is 1. The lowest BCUT2D eigenvalue weighted by molar-refractivity contribution is 0.475. The normalized spacial score (nSPS) is 11.1. The summed E-state index contributed by atoms with van der Waals surface area (Å²) >= 11 is 4.02. The molecule has 110 valence electrons. The van der Waals surface area contributed by atoms with Crippen molar-refractivity contribution in [3.8, 4) is 5.75 Å². The van der Waals surface area contributed by atoms with Gasteiger partial charge in [0, 0.05) is 4.90 Å². The average molecular weight is 297 g/mol. The Balaban J connectivity index is -0.0000000873. The topological polar surface area (TPSA) is 95.3 Å². The molecule has 1 fully saturated rings. The molecule has 1 aliphatic heterocycles. The number of rotatable bonds is 0. The van der Waals surface area contributed by atoms with E-state index < -0.39 is 0 Å². The van der Waals surface area contributed by atoms with Gasteiger partial charge in [0.15, 0.2) is 0 Å². The van der Waals surface area contributed by atoms with Gasteiger partial charge in [0.2, 0.25) is 0 Å². The number of phenols is 1. The van der Waals surface area contributed by atoms with Gasteiger partial charge in [-0.15, -0.1) is 12.6 Å². The Hall–Kier alpha value is -0.320. The summed E-state index contributed by atoms with van der Waals surface area (Å²) in [4.78, 5) is 0.864. The first-order valence-electron chi connectivity index (χ1n) is 5.48. The molecule has 1 aliphatic rings. The molecule has 18 heavy (non-hydrogen) atoms. The van der Waals surface area contributed by atoms with Gasteiger partial charge in [-0.3, -0.25) is 0 Å². The van der Waals surface area contributed by atoms with Crippen LogP contribution in [0.2, 0.25) is 0 Å². The predicted molar refractivity (Wildman–Crippen MR) is 87.1 cm³/mol. The van der Waals surface area contributed by atoms with E-state index in [9.17, 15) is 0 Å². The summed E-state index contributed by atoms with van der Waals surface area (Å²) in [7, 11) is 0. The van der Waals surface area contributed by atoms with Crippen LogP contribution in [0.5, 0.6) is 5.75 Å². The molecule has 1 aromatic carbocycles. The van der Waals surface area contributed by atoms with Gasteiger partial charge in [0.1, 0.15) is 5.75 Å². The van der Waals surface area contributed by atoms with E-state index in [1.54, 1.807) is 24.3 Å². The number of hydrogen-bond donors (Lipinski definition) is 3. The van der Waals surface area contributed by atoms with Crippen molar-refractivity contribution >= 4 is 22.5 Å². The van der Waals surface area contributed by atoms with Gasteiger partial charge in [-0.2, -0.15) is 9.90 Å². The highest BCUT2D eigenvalue weighted by Gasteiger charge is 1.93. The first-order valence-corrected chi connectivity index (χ1v) is 5.92. The zero-order chi connectivity index (χ0) is 11.5. The average Bonchev–Trinajstić information content (AvgIpc) is 2.84. The van der Waals surface area contributed by atoms with Gasteiger partial charge in [0.25, 0.3) is 0 Å². The van der Waals surface area contributed by atoms with Crippen molar-refractivity contribution in [2.75, 3.05) is 13.1 Å². The minimum absolute atomic E-state index is 0. The van der Waals surface area contributed by atoms with E-state index in [2.05, 4.69) is 17.9 Å².